The summed E-state index contributed by atoms with van der Waals surface area (Å²) >= 11 is 0. The first-order valence-electron chi connectivity index (χ1n) is 12.8. The molecule has 1 heterocycles. The zero-order valence-corrected chi connectivity index (χ0v) is 21.0. The lowest BCUT2D eigenvalue weighted by Crippen LogP contribution is -2.61. The molecule has 0 saturated carbocycles. The van der Waals surface area contributed by atoms with Crippen LogP contribution in [0.2, 0.25) is 0 Å². The van der Waals surface area contributed by atoms with Gasteiger partial charge in [0.15, 0.2) is 6.04 Å². The molecule has 4 aromatic carbocycles. The summed E-state index contributed by atoms with van der Waals surface area (Å²) in [6.07, 6.45) is 1.27. The summed E-state index contributed by atoms with van der Waals surface area (Å²) in [5.41, 5.74) is 3.44. The number of rotatable bonds is 9. The Morgan fingerprint density at radius 2 is 1.46 bits per heavy atom. The van der Waals surface area contributed by atoms with Crippen LogP contribution in [0.25, 0.3) is 0 Å². The SMILES string of the molecule is CCC[N+]1(C(Cc2ccccc2)C(=O)Nc2ccc(Oc3ccccc3)cc2)Cc2ccccc2C1=O. The monoisotopic (exact) mass is 491 g/mol. The Morgan fingerprint density at radius 1 is 0.838 bits per heavy atom. The van der Waals surface area contributed by atoms with E-state index in [9.17, 15) is 9.59 Å². The molecule has 1 aliphatic heterocycles. The molecule has 37 heavy (non-hydrogen) atoms. The average Bonchev–Trinajstić information content (AvgIpc) is 3.21. The zero-order chi connectivity index (χ0) is 25.7. The second-order valence-corrected chi connectivity index (χ2v) is 9.51. The number of amides is 2. The van der Waals surface area contributed by atoms with Gasteiger partial charge in [-0.05, 0) is 54.4 Å². The number of nitrogens with zero attached hydrogens (tertiary/aromatic N) is 1. The van der Waals surface area contributed by atoms with Gasteiger partial charge in [0.05, 0.1) is 12.1 Å². The first-order chi connectivity index (χ1) is 18.1. The van der Waals surface area contributed by atoms with E-state index in [2.05, 4.69) is 12.2 Å². The lowest BCUT2D eigenvalue weighted by molar-refractivity contribution is -0.874. The van der Waals surface area contributed by atoms with Crippen LogP contribution in [0.5, 0.6) is 11.5 Å². The highest BCUT2D eigenvalue weighted by Gasteiger charge is 2.52. The summed E-state index contributed by atoms with van der Waals surface area (Å²) in [6.45, 7) is 3.19. The van der Waals surface area contributed by atoms with E-state index in [1.165, 1.54) is 0 Å². The average molecular weight is 492 g/mol. The van der Waals surface area contributed by atoms with Gasteiger partial charge in [-0.25, -0.2) is 9.28 Å². The number of hydrogen-bond donors (Lipinski definition) is 1. The van der Waals surface area contributed by atoms with E-state index < -0.39 is 6.04 Å². The number of hydrogen-bond acceptors (Lipinski definition) is 3. The molecule has 5 heteroatoms. The van der Waals surface area contributed by atoms with Crippen molar-refractivity contribution < 1.29 is 18.8 Å². The van der Waals surface area contributed by atoms with Crippen molar-refractivity contribution in [1.82, 2.24) is 0 Å². The van der Waals surface area contributed by atoms with E-state index in [0.29, 0.717) is 30.9 Å². The second kappa shape index (κ2) is 10.8. The Kier molecular flexibility index (Phi) is 7.15. The fourth-order valence-corrected chi connectivity index (χ4v) is 5.26. The summed E-state index contributed by atoms with van der Waals surface area (Å²) in [6, 6.07) is 34.0. The zero-order valence-electron chi connectivity index (χ0n) is 21.0. The fourth-order valence-electron chi connectivity index (χ4n) is 5.26. The first kappa shape index (κ1) is 24.5. The normalized spacial score (nSPS) is 17.2. The molecule has 5 rings (SSSR count). The third-order valence-electron chi connectivity index (χ3n) is 7.00. The van der Waals surface area contributed by atoms with E-state index in [1.54, 1.807) is 0 Å². The highest BCUT2D eigenvalue weighted by Crippen LogP contribution is 2.35. The quantitative estimate of drug-likeness (QED) is 0.268. The van der Waals surface area contributed by atoms with Gasteiger partial charge in [-0.15, -0.1) is 0 Å². The molecular formula is C32H31N2O3+. The molecule has 0 fully saturated rings. The molecule has 5 nitrogen and oxygen atoms in total. The lowest BCUT2D eigenvalue weighted by atomic mass is 10.0. The standard InChI is InChI=1S/C32H30N2O3/c1-2-21-34(23-25-13-9-10-16-29(25)32(34)36)30(22-24-11-5-3-6-12-24)31(35)33-26-17-19-28(20-18-26)37-27-14-7-4-8-15-27/h3-20,30H,2,21-23H2,1H3/p+1. The van der Waals surface area contributed by atoms with Crippen molar-refractivity contribution in [3.63, 3.8) is 0 Å². The minimum atomic E-state index is -0.567. The van der Waals surface area contributed by atoms with Crippen LogP contribution in [0.15, 0.2) is 109 Å². The Bertz CT molecular complexity index is 1370. The van der Waals surface area contributed by atoms with Crippen LogP contribution in [0.4, 0.5) is 5.69 Å². The van der Waals surface area contributed by atoms with Gasteiger partial charge in [-0.1, -0.05) is 73.7 Å². The molecule has 1 N–H and O–H groups in total. The highest BCUT2D eigenvalue weighted by molar-refractivity contribution is 5.99. The van der Waals surface area contributed by atoms with Crippen LogP contribution < -0.4 is 10.1 Å². The van der Waals surface area contributed by atoms with Gasteiger partial charge in [-0.2, -0.15) is 0 Å². The number of carbonyl (C=O) groups excluding carboxylic acids is 2. The summed E-state index contributed by atoms with van der Waals surface area (Å²) in [5.74, 6) is 1.31. The molecule has 0 saturated heterocycles. The van der Waals surface area contributed by atoms with Crippen molar-refractivity contribution in [3.05, 3.63) is 126 Å². The van der Waals surface area contributed by atoms with Crippen molar-refractivity contribution in [1.29, 1.82) is 0 Å². The topological polar surface area (TPSA) is 55.4 Å². The maximum absolute atomic E-state index is 13.9. The smallest absolute Gasteiger partial charge is 0.347 e. The van der Waals surface area contributed by atoms with E-state index in [-0.39, 0.29) is 16.3 Å². The van der Waals surface area contributed by atoms with E-state index in [0.717, 1.165) is 28.9 Å². The number of anilines is 1. The molecule has 2 atom stereocenters. The van der Waals surface area contributed by atoms with E-state index >= 15 is 0 Å². The van der Waals surface area contributed by atoms with E-state index in [4.69, 9.17) is 4.74 Å². The van der Waals surface area contributed by atoms with Crippen LogP contribution in [-0.4, -0.2) is 28.9 Å². The van der Waals surface area contributed by atoms with Crippen molar-refractivity contribution in [3.8, 4) is 11.5 Å². The van der Waals surface area contributed by atoms with Gasteiger partial charge in [0.2, 0.25) is 0 Å². The number of para-hydroxylation sites is 1. The van der Waals surface area contributed by atoms with Gasteiger partial charge < -0.3 is 10.1 Å². The summed E-state index contributed by atoms with van der Waals surface area (Å²) in [4.78, 5) is 27.8. The van der Waals surface area contributed by atoms with Crippen molar-refractivity contribution >= 4 is 17.5 Å². The highest BCUT2D eigenvalue weighted by atomic mass is 16.5. The third kappa shape index (κ3) is 5.18. The maximum Gasteiger partial charge on any atom is 0.347 e. The van der Waals surface area contributed by atoms with Crippen LogP contribution in [0.1, 0.15) is 34.8 Å². The molecule has 4 aromatic rings. The Labute approximate surface area is 217 Å². The maximum atomic E-state index is 13.9. The first-order valence-corrected chi connectivity index (χ1v) is 12.8. The summed E-state index contributed by atoms with van der Waals surface area (Å²) in [7, 11) is 0. The molecule has 2 unspecified atom stereocenters. The number of fused-ring (bicyclic) bond motifs is 1. The van der Waals surface area contributed by atoms with E-state index in [1.807, 2.05) is 109 Å². The Balaban J connectivity index is 1.43. The van der Waals surface area contributed by atoms with Crippen LogP contribution in [-0.2, 0) is 17.8 Å². The number of benzene rings is 4. The molecule has 2 amide bonds. The molecule has 0 spiro atoms. The molecular weight excluding hydrogens is 460 g/mol. The van der Waals surface area contributed by atoms with Gasteiger partial charge in [0.1, 0.15) is 18.0 Å². The number of nitrogens with one attached hydrogen (secondary N) is 1. The molecule has 0 radical (unpaired) electrons. The van der Waals surface area contributed by atoms with Crippen LogP contribution in [0.3, 0.4) is 0 Å². The van der Waals surface area contributed by atoms with Crippen LogP contribution in [0, 0.1) is 0 Å². The number of quaternary nitrogens is 1. The van der Waals surface area contributed by atoms with Crippen LogP contribution >= 0.6 is 0 Å². The number of carbonyl (C=O) groups is 2. The third-order valence-corrected chi connectivity index (χ3v) is 7.00. The Hall–Kier alpha value is -4.22. The molecule has 0 bridgehead atoms. The lowest BCUT2D eigenvalue weighted by Gasteiger charge is -2.38. The van der Waals surface area contributed by atoms with Gasteiger partial charge in [0, 0.05) is 17.7 Å². The predicted octanol–water partition coefficient (Wildman–Crippen LogP) is 6.61. The minimum absolute atomic E-state index is 0.0279. The van der Waals surface area contributed by atoms with Crippen molar-refractivity contribution in [2.45, 2.75) is 32.4 Å². The molecule has 0 aliphatic carbocycles. The molecule has 1 aliphatic rings. The van der Waals surface area contributed by atoms with Crippen molar-refractivity contribution in [2.75, 3.05) is 11.9 Å². The summed E-state index contributed by atoms with van der Waals surface area (Å²) in [5, 5.41) is 3.10. The summed E-state index contributed by atoms with van der Waals surface area (Å²) < 4.78 is 5.99. The molecule has 186 valence electrons. The van der Waals surface area contributed by atoms with Crippen molar-refractivity contribution in [2.24, 2.45) is 0 Å². The predicted molar refractivity (Wildman–Crippen MR) is 145 cm³/mol. The minimum Gasteiger partial charge on any atom is -0.457 e. The van der Waals surface area contributed by atoms with Gasteiger partial charge in [-0.3, -0.25) is 4.79 Å². The Morgan fingerprint density at radius 3 is 2.14 bits per heavy atom. The van der Waals surface area contributed by atoms with Gasteiger partial charge >= 0.3 is 5.91 Å². The van der Waals surface area contributed by atoms with Gasteiger partial charge in [0.25, 0.3) is 5.91 Å². The molecule has 0 aromatic heterocycles. The fraction of sp³-hybridized carbons (Fsp3) is 0.188. The largest absolute Gasteiger partial charge is 0.457 e. The second-order valence-electron chi connectivity index (χ2n) is 9.51. The number of ether oxygens (including phenoxy) is 1.